The summed E-state index contributed by atoms with van der Waals surface area (Å²) in [5.74, 6) is -3.08. The highest BCUT2D eigenvalue weighted by atomic mass is 19.2. The number of hydrogen-bond donors (Lipinski definition) is 0. The molecule has 1 aromatic heterocycles. The number of halogens is 4. The maximum atomic E-state index is 14.2. The first-order chi connectivity index (χ1) is 13.0. The van der Waals surface area contributed by atoms with Gasteiger partial charge < -0.3 is 4.57 Å². The molecule has 0 bridgehead atoms. The number of fused-ring (bicyclic) bond motifs is 1. The van der Waals surface area contributed by atoms with Crippen LogP contribution < -0.4 is 0 Å². The zero-order chi connectivity index (χ0) is 19.0. The van der Waals surface area contributed by atoms with Crippen molar-refractivity contribution < 1.29 is 17.6 Å². The SMILES string of the molecule is Fc1ccc([C@H]2c3cccn3CCCN2Cc2c(F)cccc2F)cc1F. The van der Waals surface area contributed by atoms with Crippen LogP contribution in [0.2, 0.25) is 0 Å². The van der Waals surface area contributed by atoms with E-state index in [1.54, 1.807) is 0 Å². The van der Waals surface area contributed by atoms with E-state index in [9.17, 15) is 17.6 Å². The number of rotatable bonds is 3. The molecular formula is C21H18F4N2. The van der Waals surface area contributed by atoms with E-state index in [1.807, 2.05) is 27.8 Å². The fourth-order valence-electron chi connectivity index (χ4n) is 3.76. The lowest BCUT2D eigenvalue weighted by Gasteiger charge is -2.31. The largest absolute Gasteiger partial charge is 0.350 e. The fraction of sp³-hybridized carbons (Fsp3) is 0.238. The van der Waals surface area contributed by atoms with E-state index in [2.05, 4.69) is 0 Å². The monoisotopic (exact) mass is 374 g/mol. The molecule has 6 heteroatoms. The Morgan fingerprint density at radius 3 is 2.33 bits per heavy atom. The Bertz CT molecular complexity index is 946. The van der Waals surface area contributed by atoms with E-state index in [0.717, 1.165) is 30.8 Å². The van der Waals surface area contributed by atoms with E-state index in [-0.39, 0.29) is 12.1 Å². The highest BCUT2D eigenvalue weighted by Gasteiger charge is 2.29. The Hall–Kier alpha value is -2.60. The number of aryl methyl sites for hydroxylation is 1. The van der Waals surface area contributed by atoms with Gasteiger partial charge in [0.1, 0.15) is 11.6 Å². The van der Waals surface area contributed by atoms with Crippen LogP contribution in [-0.2, 0) is 13.1 Å². The average molecular weight is 374 g/mol. The first kappa shape index (κ1) is 17.8. The molecular weight excluding hydrogens is 356 g/mol. The first-order valence-electron chi connectivity index (χ1n) is 8.81. The number of hydrogen-bond acceptors (Lipinski definition) is 1. The molecule has 1 aliphatic rings. The van der Waals surface area contributed by atoms with Crippen molar-refractivity contribution in [2.75, 3.05) is 6.54 Å². The summed E-state index contributed by atoms with van der Waals surface area (Å²) >= 11 is 0. The first-order valence-corrected chi connectivity index (χ1v) is 8.81. The maximum Gasteiger partial charge on any atom is 0.159 e. The molecule has 0 unspecified atom stereocenters. The van der Waals surface area contributed by atoms with Crippen molar-refractivity contribution in [3.05, 3.63) is 94.8 Å². The van der Waals surface area contributed by atoms with Crippen LogP contribution in [0.15, 0.2) is 54.7 Å². The Kier molecular flexibility index (Phi) is 4.74. The Balaban J connectivity index is 1.79. The molecule has 4 rings (SSSR count). The van der Waals surface area contributed by atoms with Crippen LogP contribution in [-0.4, -0.2) is 16.0 Å². The normalized spacial score (nSPS) is 17.6. The minimum absolute atomic E-state index is 0.0231. The second kappa shape index (κ2) is 7.19. The smallest absolute Gasteiger partial charge is 0.159 e. The number of nitrogens with zero attached hydrogens (tertiary/aromatic N) is 2. The van der Waals surface area contributed by atoms with Crippen molar-refractivity contribution in [1.29, 1.82) is 0 Å². The van der Waals surface area contributed by atoms with Crippen LogP contribution in [0.4, 0.5) is 17.6 Å². The van der Waals surface area contributed by atoms with Gasteiger partial charge in [0.05, 0.1) is 6.04 Å². The summed E-state index contributed by atoms with van der Waals surface area (Å²) in [6, 6.07) is 10.9. The van der Waals surface area contributed by atoms with Crippen molar-refractivity contribution in [1.82, 2.24) is 9.47 Å². The van der Waals surface area contributed by atoms with E-state index in [0.29, 0.717) is 12.1 Å². The summed E-state index contributed by atoms with van der Waals surface area (Å²) in [7, 11) is 0. The van der Waals surface area contributed by atoms with Gasteiger partial charge in [-0.2, -0.15) is 0 Å². The van der Waals surface area contributed by atoms with Crippen LogP contribution >= 0.6 is 0 Å². The average Bonchev–Trinajstić information content (AvgIpc) is 3.02. The summed E-state index contributed by atoms with van der Waals surface area (Å²) in [5, 5.41) is 0. The van der Waals surface area contributed by atoms with E-state index < -0.39 is 29.3 Å². The fourth-order valence-corrected chi connectivity index (χ4v) is 3.76. The molecule has 1 aliphatic heterocycles. The lowest BCUT2D eigenvalue weighted by Crippen LogP contribution is -2.30. The molecule has 2 nitrogen and oxygen atoms in total. The summed E-state index contributed by atoms with van der Waals surface area (Å²) in [6.45, 7) is 1.35. The Morgan fingerprint density at radius 1 is 0.815 bits per heavy atom. The molecule has 2 heterocycles. The number of aromatic nitrogens is 1. The van der Waals surface area contributed by atoms with Gasteiger partial charge in [0.2, 0.25) is 0 Å². The maximum absolute atomic E-state index is 14.2. The van der Waals surface area contributed by atoms with Gasteiger partial charge in [-0.1, -0.05) is 12.1 Å². The van der Waals surface area contributed by atoms with Crippen LogP contribution in [0.25, 0.3) is 0 Å². The molecule has 2 aromatic carbocycles. The van der Waals surface area contributed by atoms with Crippen molar-refractivity contribution in [3.63, 3.8) is 0 Å². The van der Waals surface area contributed by atoms with Gasteiger partial charge in [0.25, 0.3) is 0 Å². The van der Waals surface area contributed by atoms with Gasteiger partial charge in [-0.3, -0.25) is 4.90 Å². The van der Waals surface area contributed by atoms with Gasteiger partial charge in [-0.25, -0.2) is 17.6 Å². The standard InChI is InChI=1S/C21H18F4N2/c22-16-4-1-5-17(23)15(16)13-27-11-3-10-26-9-2-6-20(26)21(27)14-7-8-18(24)19(25)12-14/h1-2,4-9,12,21H,3,10-11,13H2/t21-/m0/s1. The van der Waals surface area contributed by atoms with Gasteiger partial charge in [-0.05, 0) is 48.4 Å². The van der Waals surface area contributed by atoms with Gasteiger partial charge in [0.15, 0.2) is 11.6 Å². The Labute approximate surface area is 154 Å². The van der Waals surface area contributed by atoms with Gasteiger partial charge in [-0.15, -0.1) is 0 Å². The highest BCUT2D eigenvalue weighted by molar-refractivity contribution is 5.31. The zero-order valence-corrected chi connectivity index (χ0v) is 14.5. The van der Waals surface area contributed by atoms with Crippen molar-refractivity contribution in [2.24, 2.45) is 0 Å². The van der Waals surface area contributed by atoms with Crippen LogP contribution in [0.5, 0.6) is 0 Å². The quantitative estimate of drug-likeness (QED) is 0.583. The van der Waals surface area contributed by atoms with Crippen LogP contribution in [0, 0.1) is 23.3 Å². The van der Waals surface area contributed by atoms with E-state index in [1.165, 1.54) is 24.3 Å². The molecule has 0 spiro atoms. The second-order valence-corrected chi connectivity index (χ2v) is 6.73. The third-order valence-electron chi connectivity index (χ3n) is 5.04. The minimum atomic E-state index is -0.938. The molecule has 3 aromatic rings. The summed E-state index contributed by atoms with van der Waals surface area (Å²) in [4.78, 5) is 1.91. The molecule has 0 amide bonds. The van der Waals surface area contributed by atoms with Crippen LogP contribution in [0.3, 0.4) is 0 Å². The Morgan fingerprint density at radius 2 is 1.59 bits per heavy atom. The topological polar surface area (TPSA) is 8.17 Å². The molecule has 0 saturated carbocycles. The third-order valence-corrected chi connectivity index (χ3v) is 5.04. The van der Waals surface area contributed by atoms with Gasteiger partial charge >= 0.3 is 0 Å². The summed E-state index contributed by atoms with van der Waals surface area (Å²) in [6.07, 6.45) is 2.70. The molecule has 0 saturated heterocycles. The van der Waals surface area contributed by atoms with E-state index >= 15 is 0 Å². The van der Waals surface area contributed by atoms with Crippen LogP contribution in [0.1, 0.15) is 29.3 Å². The predicted octanol–water partition coefficient (Wildman–Crippen LogP) is 5.04. The summed E-state index contributed by atoms with van der Waals surface area (Å²) < 4.78 is 57.8. The van der Waals surface area contributed by atoms with Crippen molar-refractivity contribution >= 4 is 0 Å². The second-order valence-electron chi connectivity index (χ2n) is 6.73. The molecule has 0 aliphatic carbocycles. The molecule has 0 N–H and O–H groups in total. The summed E-state index contributed by atoms with van der Waals surface area (Å²) in [5.41, 5.74) is 1.41. The molecule has 0 fully saturated rings. The van der Waals surface area contributed by atoms with Gasteiger partial charge in [0, 0.05) is 37.1 Å². The molecule has 140 valence electrons. The zero-order valence-electron chi connectivity index (χ0n) is 14.5. The number of benzene rings is 2. The van der Waals surface area contributed by atoms with Crippen molar-refractivity contribution in [3.8, 4) is 0 Å². The third kappa shape index (κ3) is 3.37. The van der Waals surface area contributed by atoms with E-state index in [4.69, 9.17) is 0 Å². The predicted molar refractivity (Wildman–Crippen MR) is 94.0 cm³/mol. The van der Waals surface area contributed by atoms with Crippen molar-refractivity contribution in [2.45, 2.75) is 25.6 Å². The lowest BCUT2D eigenvalue weighted by atomic mass is 10.0. The highest BCUT2D eigenvalue weighted by Crippen LogP contribution is 2.34. The molecule has 0 radical (unpaired) electrons. The molecule has 1 atom stereocenters. The molecule has 27 heavy (non-hydrogen) atoms. The lowest BCUT2D eigenvalue weighted by molar-refractivity contribution is 0.213. The minimum Gasteiger partial charge on any atom is -0.350 e.